The Morgan fingerprint density at radius 2 is 1.50 bits per heavy atom. The van der Waals surface area contributed by atoms with Crippen molar-refractivity contribution in [3.8, 4) is 16.8 Å². The second-order valence-corrected chi connectivity index (χ2v) is 10.0. The van der Waals surface area contributed by atoms with Gasteiger partial charge >= 0.3 is 0 Å². The van der Waals surface area contributed by atoms with Crippen LogP contribution in [0.1, 0.15) is 42.4 Å². The fraction of sp³-hybridized carbons (Fsp3) is 0.233. The van der Waals surface area contributed by atoms with Crippen LogP contribution in [0.25, 0.3) is 16.8 Å². The number of nitrogens with one attached hydrogen (secondary N) is 1. The molecule has 0 radical (unpaired) electrons. The van der Waals surface area contributed by atoms with E-state index in [4.69, 9.17) is 5.10 Å². The average molecular weight is 481 g/mol. The predicted molar refractivity (Wildman–Crippen MR) is 144 cm³/mol. The second-order valence-electron chi connectivity index (χ2n) is 10.0. The summed E-state index contributed by atoms with van der Waals surface area (Å²) in [6.45, 7) is 8.17. The van der Waals surface area contributed by atoms with Crippen molar-refractivity contribution in [2.45, 2.75) is 33.1 Å². The number of hydrogen-bond donors (Lipinski definition) is 1. The van der Waals surface area contributed by atoms with Gasteiger partial charge in [0.2, 0.25) is 5.91 Å². The summed E-state index contributed by atoms with van der Waals surface area (Å²) in [7, 11) is 1.63. The molecule has 0 unspecified atom stereocenters. The van der Waals surface area contributed by atoms with Crippen molar-refractivity contribution in [2.24, 2.45) is 0 Å². The van der Waals surface area contributed by atoms with Gasteiger partial charge in [0.05, 0.1) is 17.9 Å². The third-order valence-corrected chi connectivity index (χ3v) is 6.06. The van der Waals surface area contributed by atoms with Crippen LogP contribution >= 0.6 is 0 Å². The van der Waals surface area contributed by atoms with Crippen LogP contribution in [0.5, 0.6) is 0 Å². The highest BCUT2D eigenvalue weighted by molar-refractivity contribution is 5.99. The van der Waals surface area contributed by atoms with Crippen LogP contribution in [0, 0.1) is 6.92 Å². The minimum atomic E-state index is -0.290. The average Bonchev–Trinajstić information content (AvgIpc) is 3.28. The maximum absolute atomic E-state index is 13.0. The SMILES string of the molecule is Cc1ccccc1-n1nc(C(C)(C)C)cc1NC(=O)CN(C)C(=O)c1ccc(-c2ccccc2)cc1. The van der Waals surface area contributed by atoms with Gasteiger partial charge in [0.25, 0.3) is 5.91 Å². The monoisotopic (exact) mass is 480 g/mol. The zero-order valence-electron chi connectivity index (χ0n) is 21.4. The number of likely N-dealkylation sites (N-methyl/N-ethyl adjacent to an activating group) is 1. The number of anilines is 1. The molecule has 0 aliphatic rings. The number of amides is 2. The molecule has 0 saturated heterocycles. The van der Waals surface area contributed by atoms with Crippen molar-refractivity contribution in [1.29, 1.82) is 0 Å². The Morgan fingerprint density at radius 3 is 2.14 bits per heavy atom. The van der Waals surface area contributed by atoms with Crippen molar-refractivity contribution in [3.63, 3.8) is 0 Å². The van der Waals surface area contributed by atoms with E-state index in [-0.39, 0.29) is 23.8 Å². The van der Waals surface area contributed by atoms with E-state index in [2.05, 4.69) is 26.1 Å². The Bertz CT molecular complexity index is 1370. The lowest BCUT2D eigenvalue weighted by atomic mass is 9.92. The Morgan fingerprint density at radius 1 is 0.889 bits per heavy atom. The van der Waals surface area contributed by atoms with E-state index in [1.54, 1.807) is 23.9 Å². The molecule has 0 bridgehead atoms. The molecule has 1 N–H and O–H groups in total. The van der Waals surface area contributed by atoms with Crippen molar-refractivity contribution >= 4 is 17.6 Å². The molecule has 0 fully saturated rings. The number of hydrogen-bond acceptors (Lipinski definition) is 3. The van der Waals surface area contributed by atoms with Gasteiger partial charge in [-0.05, 0) is 41.8 Å². The van der Waals surface area contributed by atoms with Crippen LogP contribution in [-0.2, 0) is 10.2 Å². The first kappa shape index (κ1) is 24.9. The molecule has 0 aliphatic heterocycles. The molecule has 4 rings (SSSR count). The molecule has 184 valence electrons. The number of nitrogens with zero attached hydrogens (tertiary/aromatic N) is 3. The molecule has 1 aromatic heterocycles. The summed E-state index contributed by atoms with van der Waals surface area (Å²) in [5, 5.41) is 7.75. The molecule has 2 amide bonds. The molecule has 36 heavy (non-hydrogen) atoms. The molecule has 3 aromatic carbocycles. The van der Waals surface area contributed by atoms with Gasteiger partial charge < -0.3 is 10.2 Å². The molecular formula is C30H32N4O2. The molecule has 6 heteroatoms. The maximum Gasteiger partial charge on any atom is 0.254 e. The zero-order chi connectivity index (χ0) is 25.9. The Kier molecular flexibility index (Phi) is 7.06. The van der Waals surface area contributed by atoms with E-state index in [1.165, 1.54) is 4.90 Å². The topological polar surface area (TPSA) is 67.2 Å². The van der Waals surface area contributed by atoms with Crippen molar-refractivity contribution in [2.75, 3.05) is 18.9 Å². The summed E-state index contributed by atoms with van der Waals surface area (Å²) in [5.74, 6) is 0.0711. The van der Waals surface area contributed by atoms with Crippen LogP contribution in [0.15, 0.2) is 84.9 Å². The summed E-state index contributed by atoms with van der Waals surface area (Å²) in [5.41, 5.74) is 5.27. The molecule has 0 saturated carbocycles. The fourth-order valence-corrected chi connectivity index (χ4v) is 3.95. The minimum absolute atomic E-state index is 0.0803. The zero-order valence-corrected chi connectivity index (χ0v) is 21.4. The van der Waals surface area contributed by atoms with Gasteiger partial charge in [0, 0.05) is 24.1 Å². The van der Waals surface area contributed by atoms with Gasteiger partial charge in [0.15, 0.2) is 0 Å². The van der Waals surface area contributed by atoms with Gasteiger partial charge in [-0.3, -0.25) is 9.59 Å². The molecule has 0 aliphatic carbocycles. The lowest BCUT2D eigenvalue weighted by Crippen LogP contribution is -2.35. The van der Waals surface area contributed by atoms with Crippen LogP contribution in [0.4, 0.5) is 5.82 Å². The number of para-hydroxylation sites is 1. The summed E-state index contributed by atoms with van der Waals surface area (Å²) >= 11 is 0. The number of carbonyl (C=O) groups is 2. The van der Waals surface area contributed by atoms with E-state index in [9.17, 15) is 9.59 Å². The van der Waals surface area contributed by atoms with Gasteiger partial charge in [-0.25, -0.2) is 4.68 Å². The lowest BCUT2D eigenvalue weighted by Gasteiger charge is -2.17. The number of carbonyl (C=O) groups excluding carboxylic acids is 2. The highest BCUT2D eigenvalue weighted by Gasteiger charge is 2.23. The largest absolute Gasteiger partial charge is 0.332 e. The highest BCUT2D eigenvalue weighted by atomic mass is 16.2. The Balaban J connectivity index is 1.49. The molecule has 4 aromatic rings. The first-order valence-electron chi connectivity index (χ1n) is 12.0. The molecule has 0 atom stereocenters. The summed E-state index contributed by atoms with van der Waals surface area (Å²) < 4.78 is 1.76. The quantitative estimate of drug-likeness (QED) is 0.376. The smallest absolute Gasteiger partial charge is 0.254 e. The van der Waals surface area contributed by atoms with Crippen molar-refractivity contribution in [1.82, 2.24) is 14.7 Å². The standard InChI is InChI=1S/C30H32N4O2/c1-21-11-9-10-14-25(21)34-27(19-26(32-34)30(2,3)4)31-28(35)20-33(5)29(36)24-17-15-23(16-18-24)22-12-7-6-8-13-22/h6-19H,20H2,1-5H3,(H,31,35). The summed E-state index contributed by atoms with van der Waals surface area (Å²) in [6, 6.07) is 27.2. The van der Waals surface area contributed by atoms with Crippen LogP contribution < -0.4 is 5.32 Å². The summed E-state index contributed by atoms with van der Waals surface area (Å²) in [4.78, 5) is 27.4. The van der Waals surface area contributed by atoms with Crippen LogP contribution in [0.2, 0.25) is 0 Å². The number of rotatable bonds is 6. The van der Waals surface area contributed by atoms with Crippen LogP contribution in [-0.4, -0.2) is 40.1 Å². The third kappa shape index (κ3) is 5.54. The number of aryl methyl sites for hydroxylation is 1. The van der Waals surface area contributed by atoms with E-state index in [1.807, 2.05) is 79.7 Å². The lowest BCUT2D eigenvalue weighted by molar-refractivity contribution is -0.116. The van der Waals surface area contributed by atoms with E-state index in [0.717, 1.165) is 28.1 Å². The van der Waals surface area contributed by atoms with Crippen LogP contribution in [0.3, 0.4) is 0 Å². The first-order chi connectivity index (χ1) is 17.1. The van der Waals surface area contributed by atoms with Gasteiger partial charge in [-0.15, -0.1) is 0 Å². The van der Waals surface area contributed by atoms with Gasteiger partial charge in [0.1, 0.15) is 5.82 Å². The molecular weight excluding hydrogens is 448 g/mol. The third-order valence-electron chi connectivity index (χ3n) is 6.06. The van der Waals surface area contributed by atoms with E-state index < -0.39 is 0 Å². The molecule has 0 spiro atoms. The number of benzene rings is 3. The first-order valence-corrected chi connectivity index (χ1v) is 12.0. The fourth-order valence-electron chi connectivity index (χ4n) is 3.95. The van der Waals surface area contributed by atoms with Gasteiger partial charge in [-0.2, -0.15) is 5.10 Å². The highest BCUT2D eigenvalue weighted by Crippen LogP contribution is 2.27. The molecule has 6 nitrogen and oxygen atoms in total. The van der Waals surface area contributed by atoms with Crippen molar-refractivity contribution < 1.29 is 9.59 Å². The second kappa shape index (κ2) is 10.2. The van der Waals surface area contributed by atoms with Crippen molar-refractivity contribution in [3.05, 3.63) is 102 Å². The van der Waals surface area contributed by atoms with E-state index >= 15 is 0 Å². The Labute approximate surface area is 212 Å². The predicted octanol–water partition coefficient (Wildman–Crippen LogP) is 5.86. The maximum atomic E-state index is 13.0. The Hall–Kier alpha value is -4.19. The number of aromatic nitrogens is 2. The molecule has 1 heterocycles. The minimum Gasteiger partial charge on any atom is -0.332 e. The summed E-state index contributed by atoms with van der Waals surface area (Å²) in [6.07, 6.45) is 0. The van der Waals surface area contributed by atoms with E-state index in [0.29, 0.717) is 11.4 Å². The normalized spacial score (nSPS) is 11.2. The van der Waals surface area contributed by atoms with Gasteiger partial charge in [-0.1, -0.05) is 81.4 Å².